The zero-order chi connectivity index (χ0) is 19.4. The molecule has 0 aromatic carbocycles. The average molecular weight is 378 g/mol. The highest BCUT2D eigenvalue weighted by atomic mass is 16.5. The van der Waals surface area contributed by atoms with Crippen molar-refractivity contribution in [3.63, 3.8) is 0 Å². The number of aryl methyl sites for hydroxylation is 1. The molecule has 0 radical (unpaired) electrons. The van der Waals surface area contributed by atoms with Gasteiger partial charge >= 0.3 is 12.0 Å². The van der Waals surface area contributed by atoms with Gasteiger partial charge in [-0.3, -0.25) is 14.5 Å². The molecular formula is C17H26N6O4. The molecule has 1 spiro atoms. The van der Waals surface area contributed by atoms with Gasteiger partial charge in [0.1, 0.15) is 12.1 Å². The minimum absolute atomic E-state index is 0.0481. The Kier molecular flexibility index (Phi) is 5.71. The normalized spacial score (nSPS) is 25.1. The van der Waals surface area contributed by atoms with Crippen molar-refractivity contribution in [2.75, 3.05) is 6.54 Å². The number of carbonyl (C=O) groups is 3. The summed E-state index contributed by atoms with van der Waals surface area (Å²) in [4.78, 5) is 38.3. The summed E-state index contributed by atoms with van der Waals surface area (Å²) in [6.07, 6.45) is 5.32. The lowest BCUT2D eigenvalue weighted by molar-refractivity contribution is -0.149. The van der Waals surface area contributed by atoms with E-state index in [1.165, 1.54) is 0 Å². The van der Waals surface area contributed by atoms with Gasteiger partial charge in [0.15, 0.2) is 12.4 Å². The van der Waals surface area contributed by atoms with Gasteiger partial charge in [0.2, 0.25) is 0 Å². The zero-order valence-corrected chi connectivity index (χ0v) is 15.8. The molecule has 3 rings (SSSR count). The predicted octanol–water partition coefficient (Wildman–Crippen LogP) is 1.02. The summed E-state index contributed by atoms with van der Waals surface area (Å²) in [6.45, 7) is 4.16. The van der Waals surface area contributed by atoms with Crippen molar-refractivity contribution < 1.29 is 19.1 Å². The van der Waals surface area contributed by atoms with Crippen LogP contribution in [-0.4, -0.2) is 55.1 Å². The van der Waals surface area contributed by atoms with Crippen LogP contribution in [0.15, 0.2) is 0 Å². The summed E-state index contributed by atoms with van der Waals surface area (Å²) in [5.74, 6) is -0.508. The Morgan fingerprint density at radius 1 is 1.37 bits per heavy atom. The molecule has 2 unspecified atom stereocenters. The molecule has 1 saturated heterocycles. The van der Waals surface area contributed by atoms with Crippen molar-refractivity contribution in [1.82, 2.24) is 30.4 Å². The lowest BCUT2D eigenvalue weighted by Crippen LogP contribution is -2.54. The van der Waals surface area contributed by atoms with Crippen LogP contribution in [0.2, 0.25) is 0 Å². The molecule has 1 aromatic rings. The number of unbranched alkanes of at least 4 members (excludes halogenated alkanes) is 1. The van der Waals surface area contributed by atoms with Crippen LogP contribution in [0.25, 0.3) is 0 Å². The van der Waals surface area contributed by atoms with Crippen LogP contribution in [0.3, 0.4) is 0 Å². The molecule has 1 aliphatic carbocycles. The first-order valence-corrected chi connectivity index (χ1v) is 9.52. The van der Waals surface area contributed by atoms with E-state index in [2.05, 4.69) is 27.8 Å². The number of hydrogen-bond acceptors (Lipinski definition) is 7. The zero-order valence-electron chi connectivity index (χ0n) is 15.8. The van der Waals surface area contributed by atoms with E-state index in [0.717, 1.165) is 37.0 Å². The van der Waals surface area contributed by atoms with Crippen LogP contribution in [0.5, 0.6) is 0 Å². The maximum atomic E-state index is 12.8. The smallest absolute Gasteiger partial charge is 0.326 e. The fraction of sp³-hybridized carbons (Fsp3) is 0.765. The van der Waals surface area contributed by atoms with E-state index in [-0.39, 0.29) is 18.4 Å². The first-order chi connectivity index (χ1) is 13.0. The molecule has 1 N–H and O–H groups in total. The van der Waals surface area contributed by atoms with Gasteiger partial charge in [-0.1, -0.05) is 33.1 Å². The molecule has 10 nitrogen and oxygen atoms in total. The molecule has 0 bridgehead atoms. The number of hydrogen-bond donors (Lipinski definition) is 1. The number of ether oxygens (including phenoxy) is 1. The van der Waals surface area contributed by atoms with Gasteiger partial charge in [-0.15, -0.1) is 5.10 Å². The molecule has 148 valence electrons. The quantitative estimate of drug-likeness (QED) is 0.555. The number of urea groups is 1. The highest BCUT2D eigenvalue weighted by Crippen LogP contribution is 2.38. The van der Waals surface area contributed by atoms with E-state index in [1.54, 1.807) is 4.68 Å². The van der Waals surface area contributed by atoms with Crippen molar-refractivity contribution in [2.45, 2.75) is 71.1 Å². The summed E-state index contributed by atoms with van der Waals surface area (Å²) >= 11 is 0. The van der Waals surface area contributed by atoms with E-state index in [9.17, 15) is 14.4 Å². The van der Waals surface area contributed by atoms with Crippen molar-refractivity contribution in [2.24, 2.45) is 5.92 Å². The van der Waals surface area contributed by atoms with Crippen molar-refractivity contribution >= 4 is 17.9 Å². The Morgan fingerprint density at radius 2 is 2.19 bits per heavy atom. The second kappa shape index (κ2) is 8.01. The van der Waals surface area contributed by atoms with Gasteiger partial charge < -0.3 is 10.1 Å². The van der Waals surface area contributed by atoms with Gasteiger partial charge in [-0.05, 0) is 35.6 Å². The van der Waals surface area contributed by atoms with Crippen LogP contribution in [0, 0.1) is 5.92 Å². The number of rotatable bonds is 7. The maximum absolute atomic E-state index is 12.8. The summed E-state index contributed by atoms with van der Waals surface area (Å²) < 4.78 is 6.78. The van der Waals surface area contributed by atoms with E-state index < -0.39 is 24.1 Å². The minimum atomic E-state index is -0.875. The fourth-order valence-corrected chi connectivity index (χ4v) is 3.77. The number of aromatic nitrogens is 4. The number of imide groups is 1. The average Bonchev–Trinajstić information content (AvgIpc) is 3.19. The standard InChI is InChI=1S/C17H26N6O4/c1-3-4-9-23-13(19-20-21-23)11-27-14(24)10-22-15(25)17(18-16(22)26)8-6-5-7-12(17)2/h12H,3-11H2,1-2H3,(H,18,26). The van der Waals surface area contributed by atoms with Crippen molar-refractivity contribution in [3.8, 4) is 0 Å². The molecule has 10 heteroatoms. The first-order valence-electron chi connectivity index (χ1n) is 9.52. The number of tetrazole rings is 1. The van der Waals surface area contributed by atoms with Crippen molar-refractivity contribution in [1.29, 1.82) is 0 Å². The van der Waals surface area contributed by atoms with E-state index in [0.29, 0.717) is 18.8 Å². The van der Waals surface area contributed by atoms with E-state index in [1.807, 2.05) is 6.92 Å². The summed E-state index contributed by atoms with van der Waals surface area (Å²) in [6, 6.07) is -0.529. The Morgan fingerprint density at radius 3 is 2.93 bits per heavy atom. The van der Waals surface area contributed by atoms with Gasteiger partial charge in [0, 0.05) is 6.54 Å². The molecule has 27 heavy (non-hydrogen) atoms. The largest absolute Gasteiger partial charge is 0.456 e. The third-order valence-electron chi connectivity index (χ3n) is 5.48. The van der Waals surface area contributed by atoms with Crippen molar-refractivity contribution in [3.05, 3.63) is 5.82 Å². The van der Waals surface area contributed by atoms with Gasteiger partial charge in [0.05, 0.1) is 0 Å². The fourth-order valence-electron chi connectivity index (χ4n) is 3.77. The van der Waals surface area contributed by atoms with Crippen LogP contribution in [0.1, 0.15) is 58.2 Å². The monoisotopic (exact) mass is 378 g/mol. The number of amides is 3. The Hall–Kier alpha value is -2.52. The van der Waals surface area contributed by atoms with E-state index in [4.69, 9.17) is 4.74 Å². The molecule has 1 aromatic heterocycles. The van der Waals surface area contributed by atoms with Crippen LogP contribution < -0.4 is 5.32 Å². The molecule has 2 heterocycles. The summed E-state index contributed by atoms with van der Waals surface area (Å²) in [7, 11) is 0. The lowest BCUT2D eigenvalue weighted by Gasteiger charge is -2.36. The van der Waals surface area contributed by atoms with Crippen LogP contribution in [0.4, 0.5) is 4.79 Å². The maximum Gasteiger partial charge on any atom is 0.326 e. The highest BCUT2D eigenvalue weighted by Gasteiger charge is 2.55. The third-order valence-corrected chi connectivity index (χ3v) is 5.48. The number of nitrogens with zero attached hydrogens (tertiary/aromatic N) is 5. The molecule has 2 fully saturated rings. The predicted molar refractivity (Wildman–Crippen MR) is 93.1 cm³/mol. The topological polar surface area (TPSA) is 119 Å². The second-order valence-corrected chi connectivity index (χ2v) is 7.27. The Labute approximate surface area is 157 Å². The number of esters is 1. The van der Waals surface area contributed by atoms with Gasteiger partial charge in [-0.2, -0.15) is 0 Å². The Balaban J connectivity index is 1.57. The number of nitrogens with one attached hydrogen (secondary N) is 1. The van der Waals surface area contributed by atoms with Crippen LogP contribution in [-0.2, 0) is 27.5 Å². The highest BCUT2D eigenvalue weighted by molar-refractivity contribution is 6.08. The second-order valence-electron chi connectivity index (χ2n) is 7.27. The molecule has 2 aliphatic rings. The SMILES string of the molecule is CCCCn1nnnc1COC(=O)CN1C(=O)NC2(CCCCC2C)C1=O. The number of carbonyl (C=O) groups excluding carboxylic acids is 3. The third kappa shape index (κ3) is 3.79. The molecule has 3 amide bonds. The van der Waals surface area contributed by atoms with Gasteiger partial charge in [-0.25, -0.2) is 9.48 Å². The summed E-state index contributed by atoms with van der Waals surface area (Å²) in [5.41, 5.74) is -0.875. The van der Waals surface area contributed by atoms with Gasteiger partial charge in [0.25, 0.3) is 5.91 Å². The van der Waals surface area contributed by atoms with Crippen LogP contribution >= 0.6 is 0 Å². The lowest BCUT2D eigenvalue weighted by atomic mass is 9.73. The molecule has 2 atom stereocenters. The summed E-state index contributed by atoms with van der Waals surface area (Å²) in [5, 5.41) is 14.1. The minimum Gasteiger partial charge on any atom is -0.456 e. The Bertz CT molecular complexity index is 720. The molecular weight excluding hydrogens is 352 g/mol. The molecule has 1 saturated carbocycles. The molecule has 1 aliphatic heterocycles. The van der Waals surface area contributed by atoms with E-state index >= 15 is 0 Å². The first kappa shape index (κ1) is 19.2.